The molecule has 1 aromatic heterocycles. The van der Waals surface area contributed by atoms with Gasteiger partial charge in [0, 0.05) is 30.1 Å². The Morgan fingerprint density at radius 3 is 2.00 bits per heavy atom. The molecule has 1 unspecified atom stereocenters. The van der Waals surface area contributed by atoms with Gasteiger partial charge in [-0.1, -0.05) is 70.1 Å². The number of aromatic nitrogens is 1. The molecule has 0 spiro atoms. The number of pyridine rings is 1. The van der Waals surface area contributed by atoms with Gasteiger partial charge in [0.05, 0.1) is 30.8 Å². The van der Waals surface area contributed by atoms with Crippen molar-refractivity contribution >= 4 is 81.3 Å². The van der Waals surface area contributed by atoms with Gasteiger partial charge in [0.15, 0.2) is 0 Å². The van der Waals surface area contributed by atoms with Crippen LogP contribution in [-0.2, 0) is 11.2 Å². The van der Waals surface area contributed by atoms with Gasteiger partial charge >= 0.3 is 5.97 Å². The van der Waals surface area contributed by atoms with Crippen molar-refractivity contribution in [2.75, 3.05) is 10.6 Å². The lowest BCUT2D eigenvalue weighted by Crippen LogP contribution is -2.31. The summed E-state index contributed by atoms with van der Waals surface area (Å²) in [5.74, 6) is -1.50. The fourth-order valence-electron chi connectivity index (χ4n) is 2.78. The third-order valence-corrected chi connectivity index (χ3v) is 6.14. The summed E-state index contributed by atoms with van der Waals surface area (Å²) in [6.45, 7) is 0. The number of nitrogens with one attached hydrogen (secondary N) is 2. The predicted molar refractivity (Wildman–Crippen MR) is 129 cm³/mol. The fourth-order valence-corrected chi connectivity index (χ4v) is 3.84. The zero-order valence-corrected chi connectivity index (χ0v) is 19.8. The lowest BCUT2D eigenvalue weighted by atomic mass is 10.0. The fraction of sp³-hybridized carbons (Fsp3) is 0.0952. The van der Waals surface area contributed by atoms with Gasteiger partial charge < -0.3 is 15.7 Å². The van der Waals surface area contributed by atoms with E-state index in [-0.39, 0.29) is 37.2 Å². The number of hydrogen-bond donors (Lipinski definition) is 3. The van der Waals surface area contributed by atoms with Crippen LogP contribution >= 0.6 is 58.0 Å². The van der Waals surface area contributed by atoms with Gasteiger partial charge in [0.25, 0.3) is 5.91 Å². The molecule has 1 heterocycles. The molecule has 3 aromatic rings. The van der Waals surface area contributed by atoms with Crippen molar-refractivity contribution in [3.8, 4) is 0 Å². The van der Waals surface area contributed by atoms with E-state index in [2.05, 4.69) is 15.6 Å². The monoisotopic (exact) mass is 531 g/mol. The number of carbonyl (C=O) groups excluding carboxylic acids is 1. The average molecular weight is 534 g/mol. The molecular weight excluding hydrogens is 520 g/mol. The number of nitrogens with zero attached hydrogens (tertiary/aromatic N) is 1. The quantitative estimate of drug-likeness (QED) is 0.294. The van der Waals surface area contributed by atoms with E-state index < -0.39 is 17.9 Å². The smallest absolute Gasteiger partial charge is 0.326 e. The minimum atomic E-state index is -1.07. The topological polar surface area (TPSA) is 91.3 Å². The van der Waals surface area contributed by atoms with Gasteiger partial charge in [-0.2, -0.15) is 0 Å². The minimum Gasteiger partial charge on any atom is -0.480 e. The molecule has 0 bridgehead atoms. The third kappa shape index (κ3) is 5.97. The maximum absolute atomic E-state index is 12.5. The lowest BCUT2D eigenvalue weighted by Gasteiger charge is -2.17. The maximum atomic E-state index is 12.5. The van der Waals surface area contributed by atoms with Gasteiger partial charge in [-0.05, 0) is 29.8 Å². The second kappa shape index (κ2) is 10.6. The van der Waals surface area contributed by atoms with Crippen LogP contribution in [0.15, 0.2) is 48.8 Å². The zero-order valence-electron chi connectivity index (χ0n) is 16.0. The molecule has 11 heteroatoms. The van der Waals surface area contributed by atoms with E-state index in [0.29, 0.717) is 16.8 Å². The Kier molecular flexibility index (Phi) is 8.09. The van der Waals surface area contributed by atoms with Crippen molar-refractivity contribution in [2.24, 2.45) is 0 Å². The summed E-state index contributed by atoms with van der Waals surface area (Å²) < 4.78 is 0. The number of halogens is 5. The van der Waals surface area contributed by atoms with E-state index in [1.54, 1.807) is 24.3 Å². The molecule has 166 valence electrons. The molecule has 0 saturated carbocycles. The van der Waals surface area contributed by atoms with Gasteiger partial charge in [-0.15, -0.1) is 0 Å². The van der Waals surface area contributed by atoms with Crippen molar-refractivity contribution < 1.29 is 14.7 Å². The molecule has 6 nitrogen and oxygen atoms in total. The van der Waals surface area contributed by atoms with Crippen LogP contribution < -0.4 is 10.6 Å². The van der Waals surface area contributed by atoms with Crippen molar-refractivity contribution in [3.05, 3.63) is 85.0 Å². The molecule has 0 aliphatic heterocycles. The van der Waals surface area contributed by atoms with E-state index in [4.69, 9.17) is 58.0 Å². The first-order valence-electron chi connectivity index (χ1n) is 8.99. The van der Waals surface area contributed by atoms with Gasteiger partial charge in [-0.25, -0.2) is 4.79 Å². The number of rotatable bonds is 7. The second-order valence-electron chi connectivity index (χ2n) is 6.62. The summed E-state index contributed by atoms with van der Waals surface area (Å²) in [5, 5.41) is 16.1. The zero-order chi connectivity index (χ0) is 23.4. The molecule has 1 atom stereocenters. The number of benzene rings is 2. The standard InChI is InChI=1S/C21H14Cl5N3O3/c22-13-6-12(7-14(23)18(13)26)28-17(21(31)32)5-10-1-3-11(4-2-10)20(30)29-19-15(24)8-27-9-16(19)25/h1-4,6-9,17,28H,5H2,(H,31,32)(H,27,29,30). The van der Waals surface area contributed by atoms with Crippen LogP contribution in [0.25, 0.3) is 0 Å². The molecule has 2 aromatic carbocycles. The Morgan fingerprint density at radius 2 is 1.47 bits per heavy atom. The first-order valence-corrected chi connectivity index (χ1v) is 10.9. The largest absolute Gasteiger partial charge is 0.480 e. The molecule has 1 amide bonds. The van der Waals surface area contributed by atoms with Crippen LogP contribution in [0.3, 0.4) is 0 Å². The van der Waals surface area contributed by atoms with Crippen molar-refractivity contribution in [2.45, 2.75) is 12.5 Å². The number of hydrogen-bond acceptors (Lipinski definition) is 4. The highest BCUT2D eigenvalue weighted by atomic mass is 35.5. The molecule has 0 radical (unpaired) electrons. The number of carbonyl (C=O) groups is 2. The van der Waals surface area contributed by atoms with Gasteiger partial charge in [0.2, 0.25) is 0 Å². The highest BCUT2D eigenvalue weighted by molar-refractivity contribution is 6.48. The molecule has 32 heavy (non-hydrogen) atoms. The highest BCUT2D eigenvalue weighted by Crippen LogP contribution is 2.33. The van der Waals surface area contributed by atoms with E-state index >= 15 is 0 Å². The summed E-state index contributed by atoms with van der Waals surface area (Å²) in [5.41, 5.74) is 1.70. The summed E-state index contributed by atoms with van der Waals surface area (Å²) in [6, 6.07) is 8.47. The van der Waals surface area contributed by atoms with Crippen LogP contribution in [0.1, 0.15) is 15.9 Å². The van der Waals surface area contributed by atoms with Crippen LogP contribution in [0, 0.1) is 0 Å². The van der Waals surface area contributed by atoms with Crippen LogP contribution in [0.5, 0.6) is 0 Å². The van der Waals surface area contributed by atoms with Crippen molar-refractivity contribution in [1.29, 1.82) is 0 Å². The highest BCUT2D eigenvalue weighted by Gasteiger charge is 2.19. The number of carboxylic acids is 1. The van der Waals surface area contributed by atoms with Crippen LogP contribution in [0.4, 0.5) is 11.4 Å². The summed E-state index contributed by atoms with van der Waals surface area (Å²) in [7, 11) is 0. The molecule has 0 aliphatic rings. The van der Waals surface area contributed by atoms with Crippen molar-refractivity contribution in [3.63, 3.8) is 0 Å². The van der Waals surface area contributed by atoms with E-state index in [0.717, 1.165) is 0 Å². The van der Waals surface area contributed by atoms with Gasteiger partial charge in [-0.3, -0.25) is 9.78 Å². The lowest BCUT2D eigenvalue weighted by molar-refractivity contribution is -0.137. The Hall–Kier alpha value is -2.22. The Bertz CT molecular complexity index is 1130. The van der Waals surface area contributed by atoms with Gasteiger partial charge in [0.1, 0.15) is 6.04 Å². The SMILES string of the molecule is O=C(Nc1c(Cl)cncc1Cl)c1ccc(CC(Nc2cc(Cl)c(Cl)c(Cl)c2)C(=O)O)cc1. The predicted octanol–water partition coefficient (Wildman–Crippen LogP) is 6.71. The Labute approximate surface area is 208 Å². The Balaban J connectivity index is 1.71. The molecule has 3 N–H and O–H groups in total. The number of aliphatic carboxylic acids is 1. The molecule has 3 rings (SSSR count). The number of carboxylic acid groups (broad SMARTS) is 1. The normalized spacial score (nSPS) is 11.7. The minimum absolute atomic E-state index is 0.136. The Morgan fingerprint density at radius 1 is 0.906 bits per heavy atom. The average Bonchev–Trinajstić information content (AvgIpc) is 2.74. The van der Waals surface area contributed by atoms with E-state index in [1.165, 1.54) is 24.5 Å². The van der Waals surface area contributed by atoms with Crippen LogP contribution in [-0.4, -0.2) is 28.0 Å². The third-order valence-electron chi connectivity index (χ3n) is 4.37. The first kappa shape index (κ1) is 24.4. The second-order valence-corrected chi connectivity index (χ2v) is 8.63. The van der Waals surface area contributed by atoms with E-state index in [1.807, 2.05) is 0 Å². The summed E-state index contributed by atoms with van der Waals surface area (Å²) >= 11 is 30.0. The summed E-state index contributed by atoms with van der Waals surface area (Å²) in [6.07, 6.45) is 2.87. The molecule has 0 saturated heterocycles. The number of anilines is 2. The van der Waals surface area contributed by atoms with Crippen LogP contribution in [0.2, 0.25) is 25.1 Å². The van der Waals surface area contributed by atoms with E-state index in [9.17, 15) is 14.7 Å². The maximum Gasteiger partial charge on any atom is 0.326 e. The summed E-state index contributed by atoms with van der Waals surface area (Å²) in [4.78, 5) is 28.1. The van der Waals surface area contributed by atoms with Crippen molar-refractivity contribution in [1.82, 2.24) is 4.98 Å². The molecule has 0 fully saturated rings. The number of amides is 1. The molecular formula is C21H14Cl5N3O3. The molecule has 0 aliphatic carbocycles. The first-order chi connectivity index (χ1) is 15.2.